The highest BCUT2D eigenvalue weighted by atomic mass is 16.1. The summed E-state index contributed by atoms with van der Waals surface area (Å²) in [5.41, 5.74) is 5.41. The molecule has 0 radical (unpaired) electrons. The van der Waals surface area contributed by atoms with Crippen molar-refractivity contribution in [3.63, 3.8) is 0 Å². The molecule has 1 aromatic heterocycles. The van der Waals surface area contributed by atoms with E-state index in [2.05, 4.69) is 10.4 Å². The highest BCUT2D eigenvalue weighted by Crippen LogP contribution is 2.15. The van der Waals surface area contributed by atoms with Gasteiger partial charge >= 0.3 is 0 Å². The first kappa shape index (κ1) is 18.6. The lowest BCUT2D eigenvalue weighted by Crippen LogP contribution is -2.12. The summed E-state index contributed by atoms with van der Waals surface area (Å²) in [5, 5.41) is 7.33. The van der Waals surface area contributed by atoms with Gasteiger partial charge in [0.15, 0.2) is 5.78 Å². The Balaban J connectivity index is 1.58. The maximum absolute atomic E-state index is 12.2. The molecule has 1 N–H and O–H groups in total. The van der Waals surface area contributed by atoms with Crippen molar-refractivity contribution < 1.29 is 9.59 Å². The average Bonchev–Trinajstić information content (AvgIpc) is 2.99. The van der Waals surface area contributed by atoms with E-state index in [4.69, 9.17) is 0 Å². The van der Waals surface area contributed by atoms with E-state index >= 15 is 0 Å². The van der Waals surface area contributed by atoms with Gasteiger partial charge in [0.05, 0.1) is 11.4 Å². The van der Waals surface area contributed by atoms with Crippen molar-refractivity contribution >= 4 is 17.4 Å². The summed E-state index contributed by atoms with van der Waals surface area (Å²) < 4.78 is 1.91. The van der Waals surface area contributed by atoms with E-state index in [0.717, 1.165) is 22.6 Å². The minimum Gasteiger partial charge on any atom is -0.326 e. The fraction of sp³-hybridized carbons (Fsp3) is 0.227. The molecule has 2 aromatic carbocycles. The van der Waals surface area contributed by atoms with Gasteiger partial charge in [-0.1, -0.05) is 24.3 Å². The van der Waals surface area contributed by atoms with Crippen molar-refractivity contribution in [2.45, 2.75) is 33.6 Å². The van der Waals surface area contributed by atoms with Crippen LogP contribution in [0.25, 0.3) is 5.69 Å². The van der Waals surface area contributed by atoms with Gasteiger partial charge in [-0.25, -0.2) is 4.68 Å². The Labute approximate surface area is 159 Å². The molecule has 0 aliphatic carbocycles. The molecule has 0 aliphatic rings. The monoisotopic (exact) mass is 361 g/mol. The molecule has 5 nitrogen and oxygen atoms in total. The molecule has 0 bridgehead atoms. The Hall–Kier alpha value is -3.21. The molecule has 0 aliphatic heterocycles. The number of amides is 1. The van der Waals surface area contributed by atoms with E-state index in [1.165, 1.54) is 6.92 Å². The van der Waals surface area contributed by atoms with Gasteiger partial charge in [-0.2, -0.15) is 5.10 Å². The fourth-order valence-corrected chi connectivity index (χ4v) is 2.99. The Kier molecular flexibility index (Phi) is 5.50. The number of rotatable bonds is 6. The molecule has 1 heterocycles. The summed E-state index contributed by atoms with van der Waals surface area (Å²) in [6.07, 6.45) is 1.03. The number of aromatic nitrogens is 2. The highest BCUT2D eigenvalue weighted by molar-refractivity contribution is 5.97. The van der Waals surface area contributed by atoms with Crippen LogP contribution < -0.4 is 5.32 Å². The molecule has 0 saturated carbocycles. The van der Waals surface area contributed by atoms with Crippen LogP contribution in [0.3, 0.4) is 0 Å². The van der Waals surface area contributed by atoms with Crippen LogP contribution >= 0.6 is 0 Å². The van der Waals surface area contributed by atoms with E-state index in [-0.39, 0.29) is 11.7 Å². The number of hydrogen-bond donors (Lipinski definition) is 1. The van der Waals surface area contributed by atoms with Gasteiger partial charge < -0.3 is 5.32 Å². The number of aryl methyl sites for hydroxylation is 3. The second-order valence-corrected chi connectivity index (χ2v) is 6.69. The molecule has 0 atom stereocenters. The maximum atomic E-state index is 12.2. The van der Waals surface area contributed by atoms with E-state index in [1.807, 2.05) is 48.9 Å². The third-order valence-electron chi connectivity index (χ3n) is 4.38. The van der Waals surface area contributed by atoms with Crippen LogP contribution in [0.1, 0.15) is 40.7 Å². The minimum atomic E-state index is -0.0710. The van der Waals surface area contributed by atoms with Gasteiger partial charge in [0.2, 0.25) is 5.91 Å². The first-order chi connectivity index (χ1) is 12.9. The zero-order valence-corrected chi connectivity index (χ0v) is 15.8. The van der Waals surface area contributed by atoms with E-state index in [1.54, 1.807) is 24.3 Å². The third-order valence-corrected chi connectivity index (χ3v) is 4.38. The molecule has 3 rings (SSSR count). The molecule has 1 amide bonds. The third kappa shape index (κ3) is 4.70. The Morgan fingerprint density at radius 1 is 1.04 bits per heavy atom. The number of ketones is 1. The van der Waals surface area contributed by atoms with Crippen LogP contribution in [-0.4, -0.2) is 21.5 Å². The first-order valence-electron chi connectivity index (χ1n) is 8.96. The second-order valence-electron chi connectivity index (χ2n) is 6.69. The van der Waals surface area contributed by atoms with Crippen LogP contribution in [0.2, 0.25) is 0 Å². The van der Waals surface area contributed by atoms with Gasteiger partial charge in [-0.05, 0) is 63.1 Å². The predicted octanol–water partition coefficient (Wildman–Crippen LogP) is 4.26. The largest absolute Gasteiger partial charge is 0.326 e. The van der Waals surface area contributed by atoms with Crippen molar-refractivity contribution in [3.05, 3.63) is 77.1 Å². The number of benzene rings is 2. The van der Waals surface area contributed by atoms with Crippen molar-refractivity contribution in [3.8, 4) is 5.69 Å². The topological polar surface area (TPSA) is 64.0 Å². The van der Waals surface area contributed by atoms with Crippen molar-refractivity contribution in [1.29, 1.82) is 0 Å². The molecule has 0 unspecified atom stereocenters. The molecule has 5 heteroatoms. The Morgan fingerprint density at radius 3 is 2.41 bits per heavy atom. The lowest BCUT2D eigenvalue weighted by atomic mass is 10.1. The Morgan fingerprint density at radius 2 is 1.78 bits per heavy atom. The molecule has 0 fully saturated rings. The van der Waals surface area contributed by atoms with Crippen LogP contribution in [0.15, 0.2) is 54.6 Å². The van der Waals surface area contributed by atoms with E-state index in [0.29, 0.717) is 24.1 Å². The normalized spacial score (nSPS) is 10.6. The minimum absolute atomic E-state index is 0.0196. The summed E-state index contributed by atoms with van der Waals surface area (Å²) in [4.78, 5) is 23.6. The number of anilines is 1. The van der Waals surface area contributed by atoms with Crippen molar-refractivity contribution in [2.75, 3.05) is 5.32 Å². The summed E-state index contributed by atoms with van der Waals surface area (Å²) in [6, 6.07) is 17.1. The number of carbonyl (C=O) groups is 2. The smallest absolute Gasteiger partial charge is 0.224 e. The molecular formula is C22H23N3O2. The van der Waals surface area contributed by atoms with Gasteiger partial charge in [0.25, 0.3) is 0 Å². The van der Waals surface area contributed by atoms with Crippen molar-refractivity contribution in [2.24, 2.45) is 0 Å². The Bertz CT molecular complexity index is 971. The standard InChI is InChI=1S/C22H23N3O2/c1-15-13-16(2)25(24-15)21-10-7-18(8-11-21)9-12-22(27)23-20-6-4-5-19(14-20)17(3)26/h4-8,10-11,13-14H,9,12H2,1-3H3,(H,23,27). The summed E-state index contributed by atoms with van der Waals surface area (Å²) in [6.45, 7) is 5.51. The molecule has 0 saturated heterocycles. The summed E-state index contributed by atoms with van der Waals surface area (Å²) >= 11 is 0. The first-order valence-corrected chi connectivity index (χ1v) is 8.96. The number of hydrogen-bond acceptors (Lipinski definition) is 3. The van der Waals surface area contributed by atoms with Gasteiger partial charge in [-0.3, -0.25) is 9.59 Å². The predicted molar refractivity (Wildman–Crippen MR) is 106 cm³/mol. The van der Waals surface area contributed by atoms with E-state index in [9.17, 15) is 9.59 Å². The number of carbonyl (C=O) groups excluding carboxylic acids is 2. The van der Waals surface area contributed by atoms with Crippen LogP contribution in [0.4, 0.5) is 5.69 Å². The maximum Gasteiger partial charge on any atom is 0.224 e. The highest BCUT2D eigenvalue weighted by Gasteiger charge is 2.07. The summed E-state index contributed by atoms with van der Waals surface area (Å²) in [7, 11) is 0. The molecule has 27 heavy (non-hydrogen) atoms. The van der Waals surface area contributed by atoms with Crippen molar-refractivity contribution in [1.82, 2.24) is 9.78 Å². The molecular weight excluding hydrogens is 338 g/mol. The van der Waals surface area contributed by atoms with Crippen LogP contribution in [0.5, 0.6) is 0 Å². The average molecular weight is 361 g/mol. The zero-order chi connectivity index (χ0) is 19.4. The van der Waals surface area contributed by atoms with Crippen LogP contribution in [-0.2, 0) is 11.2 Å². The SMILES string of the molecule is CC(=O)c1cccc(NC(=O)CCc2ccc(-n3nc(C)cc3C)cc2)c1. The lowest BCUT2D eigenvalue weighted by Gasteiger charge is -2.08. The summed E-state index contributed by atoms with van der Waals surface area (Å²) in [5.74, 6) is -0.0906. The van der Waals surface area contributed by atoms with Gasteiger partial charge in [-0.15, -0.1) is 0 Å². The second kappa shape index (κ2) is 7.99. The number of nitrogens with one attached hydrogen (secondary N) is 1. The molecule has 0 spiro atoms. The van der Waals surface area contributed by atoms with Gasteiger partial charge in [0.1, 0.15) is 0 Å². The fourth-order valence-electron chi connectivity index (χ4n) is 2.99. The zero-order valence-electron chi connectivity index (χ0n) is 15.8. The molecule has 138 valence electrons. The number of nitrogens with zero attached hydrogens (tertiary/aromatic N) is 2. The quantitative estimate of drug-likeness (QED) is 0.667. The van der Waals surface area contributed by atoms with Crippen LogP contribution in [0, 0.1) is 13.8 Å². The molecule has 3 aromatic rings. The number of Topliss-reactive ketones (excluding diaryl/α,β-unsaturated/α-hetero) is 1. The van der Waals surface area contributed by atoms with Gasteiger partial charge in [0, 0.05) is 23.4 Å². The lowest BCUT2D eigenvalue weighted by molar-refractivity contribution is -0.116. The van der Waals surface area contributed by atoms with E-state index < -0.39 is 0 Å².